The number of carbonyl (C=O) groups excluding carboxylic acids is 1. The van der Waals surface area contributed by atoms with Crippen LogP contribution in [-0.2, 0) is 11.6 Å². The average Bonchev–Trinajstić information content (AvgIpc) is 3.15. The topological polar surface area (TPSA) is 64.8 Å². The van der Waals surface area contributed by atoms with Gasteiger partial charge in [-0.2, -0.15) is 13.2 Å². The average molecular weight is 483 g/mol. The standard InChI is InChI=1S/C17H25NO2.C8H5F4NO/c1-18-11-14-6-4-5-9-17(14,12-18)13-7-8-15(19-2)16(10-13)20-3;9-6-2-1-4(7(13)14)3-5(6)8(10,11)12/h7-8,10,14H,4-6,9,11-12H2,1-3H3;1-3H,(H2,13,14)/t14-,17+;/m1./s1. The molecule has 186 valence electrons. The molecule has 1 saturated carbocycles. The third-order valence-corrected chi connectivity index (χ3v) is 6.81. The van der Waals surface area contributed by atoms with Crippen molar-refractivity contribution in [1.82, 2.24) is 4.90 Å². The van der Waals surface area contributed by atoms with Gasteiger partial charge in [0.15, 0.2) is 11.5 Å². The van der Waals surface area contributed by atoms with E-state index in [9.17, 15) is 22.4 Å². The summed E-state index contributed by atoms with van der Waals surface area (Å²) in [6.07, 6.45) is 0.567. The van der Waals surface area contributed by atoms with E-state index in [1.807, 2.05) is 0 Å². The molecule has 2 aliphatic rings. The number of benzene rings is 2. The summed E-state index contributed by atoms with van der Waals surface area (Å²) in [6, 6.07) is 8.36. The van der Waals surface area contributed by atoms with Crippen molar-refractivity contribution in [2.24, 2.45) is 11.7 Å². The third kappa shape index (κ3) is 5.29. The van der Waals surface area contributed by atoms with Crippen molar-refractivity contribution >= 4 is 5.91 Å². The predicted octanol–water partition coefficient (Wildman–Crippen LogP) is 5.02. The minimum Gasteiger partial charge on any atom is -0.493 e. The number of halogens is 4. The van der Waals surface area contributed by atoms with E-state index in [1.165, 1.54) is 44.3 Å². The van der Waals surface area contributed by atoms with E-state index in [2.05, 4.69) is 30.1 Å². The number of amides is 1. The smallest absolute Gasteiger partial charge is 0.419 e. The molecule has 1 aliphatic heterocycles. The number of ether oxygens (including phenoxy) is 2. The fourth-order valence-electron chi connectivity index (χ4n) is 5.22. The molecule has 1 saturated heterocycles. The van der Waals surface area contributed by atoms with Gasteiger partial charge in [-0.1, -0.05) is 18.9 Å². The minimum absolute atomic E-state index is 0.326. The lowest BCUT2D eigenvalue weighted by molar-refractivity contribution is -0.140. The highest BCUT2D eigenvalue weighted by molar-refractivity contribution is 5.92. The largest absolute Gasteiger partial charge is 0.493 e. The summed E-state index contributed by atoms with van der Waals surface area (Å²) >= 11 is 0. The number of primary amides is 1. The van der Waals surface area contributed by atoms with Crippen LogP contribution in [0.2, 0.25) is 0 Å². The second-order valence-corrected chi connectivity index (χ2v) is 8.92. The predicted molar refractivity (Wildman–Crippen MR) is 121 cm³/mol. The molecule has 2 aromatic rings. The number of carbonyl (C=O) groups is 1. The molecule has 2 aromatic carbocycles. The van der Waals surface area contributed by atoms with E-state index in [-0.39, 0.29) is 5.56 Å². The van der Waals surface area contributed by atoms with Gasteiger partial charge >= 0.3 is 6.18 Å². The Kier molecular flexibility index (Phi) is 7.75. The van der Waals surface area contributed by atoms with Gasteiger partial charge in [0.05, 0.1) is 19.8 Å². The summed E-state index contributed by atoms with van der Waals surface area (Å²) in [5.74, 6) is 0.0157. The number of fused-ring (bicyclic) bond motifs is 1. The van der Waals surface area contributed by atoms with Gasteiger partial charge in [-0.15, -0.1) is 0 Å². The molecule has 5 nitrogen and oxygen atoms in total. The van der Waals surface area contributed by atoms with E-state index in [0.29, 0.717) is 17.5 Å². The number of nitrogens with two attached hydrogens (primary N) is 1. The Balaban J connectivity index is 0.000000204. The number of likely N-dealkylation sites (tertiary alicyclic amines) is 1. The molecule has 4 rings (SSSR count). The summed E-state index contributed by atoms with van der Waals surface area (Å²) < 4.78 is 59.8. The number of nitrogens with zero attached hydrogens (tertiary/aromatic N) is 1. The quantitative estimate of drug-likeness (QED) is 0.622. The molecular weight excluding hydrogens is 452 g/mol. The number of alkyl halides is 3. The molecular formula is C25H30F4N2O3. The number of hydrogen-bond acceptors (Lipinski definition) is 4. The monoisotopic (exact) mass is 482 g/mol. The van der Waals surface area contributed by atoms with Crippen molar-refractivity contribution in [3.05, 3.63) is 58.9 Å². The third-order valence-electron chi connectivity index (χ3n) is 6.81. The maximum atomic E-state index is 12.7. The first kappa shape index (κ1) is 25.8. The van der Waals surface area contributed by atoms with Crippen LogP contribution in [0.25, 0.3) is 0 Å². The SMILES string of the molecule is COc1ccc([C@@]23CCCC[C@@H]2CN(C)C3)cc1OC.NC(=O)c1ccc(F)c(C(F)(F)F)c1. The highest BCUT2D eigenvalue weighted by Gasteiger charge is 2.47. The van der Waals surface area contributed by atoms with E-state index < -0.39 is 23.5 Å². The zero-order valence-corrected chi connectivity index (χ0v) is 19.5. The lowest BCUT2D eigenvalue weighted by Gasteiger charge is -2.39. The number of hydrogen-bond donors (Lipinski definition) is 1. The van der Waals surface area contributed by atoms with Crippen molar-refractivity contribution < 1.29 is 31.8 Å². The van der Waals surface area contributed by atoms with Crippen molar-refractivity contribution in [1.29, 1.82) is 0 Å². The Morgan fingerprint density at radius 2 is 1.79 bits per heavy atom. The second-order valence-electron chi connectivity index (χ2n) is 8.92. The van der Waals surface area contributed by atoms with E-state index in [4.69, 9.17) is 15.2 Å². The molecule has 1 amide bonds. The Labute approximate surface area is 196 Å². The first-order chi connectivity index (χ1) is 16.0. The zero-order chi connectivity index (χ0) is 25.1. The first-order valence-electron chi connectivity index (χ1n) is 11.1. The lowest BCUT2D eigenvalue weighted by Crippen LogP contribution is -2.37. The summed E-state index contributed by atoms with van der Waals surface area (Å²) in [7, 11) is 5.67. The van der Waals surface area contributed by atoms with Gasteiger partial charge in [0.25, 0.3) is 0 Å². The Bertz CT molecular complexity index is 1030. The molecule has 2 fully saturated rings. The van der Waals surface area contributed by atoms with Crippen molar-refractivity contribution in [3.8, 4) is 11.5 Å². The summed E-state index contributed by atoms with van der Waals surface area (Å²) in [5, 5.41) is 0. The van der Waals surface area contributed by atoms with Gasteiger partial charge in [-0.25, -0.2) is 4.39 Å². The molecule has 2 N–H and O–H groups in total. The van der Waals surface area contributed by atoms with Gasteiger partial charge < -0.3 is 20.1 Å². The Hall–Kier alpha value is -2.81. The van der Waals surface area contributed by atoms with Crippen LogP contribution in [0, 0.1) is 11.7 Å². The van der Waals surface area contributed by atoms with Crippen molar-refractivity contribution in [2.45, 2.75) is 37.3 Å². The molecule has 1 heterocycles. The molecule has 0 aromatic heterocycles. The molecule has 0 radical (unpaired) electrons. The van der Waals surface area contributed by atoms with Gasteiger partial charge in [0.2, 0.25) is 5.91 Å². The van der Waals surface area contributed by atoms with Crippen LogP contribution >= 0.6 is 0 Å². The Morgan fingerprint density at radius 1 is 1.09 bits per heavy atom. The zero-order valence-electron chi connectivity index (χ0n) is 19.5. The summed E-state index contributed by atoms with van der Waals surface area (Å²) in [4.78, 5) is 13.0. The number of likely N-dealkylation sites (N-methyl/N-ethyl adjacent to an activating group) is 1. The normalized spacial score (nSPS) is 22.4. The summed E-state index contributed by atoms with van der Waals surface area (Å²) in [6.45, 7) is 2.40. The fourth-order valence-corrected chi connectivity index (χ4v) is 5.22. The van der Waals surface area contributed by atoms with Crippen molar-refractivity contribution in [2.75, 3.05) is 34.4 Å². The molecule has 9 heteroatoms. The van der Waals surface area contributed by atoms with Crippen LogP contribution in [0.4, 0.5) is 17.6 Å². The van der Waals surface area contributed by atoms with Gasteiger partial charge in [-0.05, 0) is 61.7 Å². The molecule has 2 atom stereocenters. The highest BCUT2D eigenvalue weighted by Crippen LogP contribution is 2.49. The van der Waals surface area contributed by atoms with Gasteiger partial charge in [-0.3, -0.25) is 4.79 Å². The van der Waals surface area contributed by atoms with Crippen LogP contribution in [0.15, 0.2) is 36.4 Å². The van der Waals surface area contributed by atoms with Gasteiger partial charge in [0.1, 0.15) is 5.82 Å². The molecule has 0 bridgehead atoms. The first-order valence-corrected chi connectivity index (χ1v) is 11.1. The minimum atomic E-state index is -4.82. The van der Waals surface area contributed by atoms with Crippen molar-refractivity contribution in [3.63, 3.8) is 0 Å². The molecule has 1 aliphatic carbocycles. The Morgan fingerprint density at radius 3 is 2.41 bits per heavy atom. The molecule has 34 heavy (non-hydrogen) atoms. The van der Waals surface area contributed by atoms with Crippen LogP contribution in [0.1, 0.15) is 47.2 Å². The number of rotatable bonds is 4. The fraction of sp³-hybridized carbons (Fsp3) is 0.480. The van der Waals surface area contributed by atoms with E-state index in [0.717, 1.165) is 23.5 Å². The van der Waals surface area contributed by atoms with E-state index >= 15 is 0 Å². The molecule has 0 unspecified atom stereocenters. The maximum Gasteiger partial charge on any atom is 0.419 e. The van der Waals surface area contributed by atoms with Crippen LogP contribution in [-0.4, -0.2) is 45.2 Å². The van der Waals surface area contributed by atoms with Gasteiger partial charge in [0, 0.05) is 24.1 Å². The molecule has 0 spiro atoms. The van der Waals surface area contributed by atoms with Crippen LogP contribution < -0.4 is 15.2 Å². The summed E-state index contributed by atoms with van der Waals surface area (Å²) in [5.41, 5.74) is 4.64. The number of methoxy groups -OCH3 is 2. The van der Waals surface area contributed by atoms with E-state index in [1.54, 1.807) is 14.2 Å². The maximum absolute atomic E-state index is 12.7. The lowest BCUT2D eigenvalue weighted by atomic mass is 9.64. The van der Waals surface area contributed by atoms with Crippen LogP contribution in [0.5, 0.6) is 11.5 Å². The highest BCUT2D eigenvalue weighted by atomic mass is 19.4. The van der Waals surface area contributed by atoms with Crippen LogP contribution in [0.3, 0.4) is 0 Å². The second kappa shape index (κ2) is 10.2.